The van der Waals surface area contributed by atoms with Crippen LogP contribution in [-0.4, -0.2) is 39.8 Å². The average molecular weight is 398 g/mol. The van der Waals surface area contributed by atoms with Crippen molar-refractivity contribution in [1.29, 1.82) is 0 Å². The van der Waals surface area contributed by atoms with Crippen LogP contribution in [0.15, 0.2) is 30.5 Å². The minimum absolute atomic E-state index is 0.182. The molecule has 3 aromatic rings. The number of nitrogens with zero attached hydrogens (tertiary/aromatic N) is 3. The molecule has 0 aliphatic heterocycles. The number of fused-ring (bicyclic) bond motifs is 1. The fourth-order valence-electron chi connectivity index (χ4n) is 3.27. The maximum Gasteiger partial charge on any atom is 0.256 e. The number of hydrogen-bond donors (Lipinski definition) is 1. The van der Waals surface area contributed by atoms with E-state index in [9.17, 15) is 9.18 Å². The smallest absolute Gasteiger partial charge is 0.256 e. The summed E-state index contributed by atoms with van der Waals surface area (Å²) >= 11 is 0. The molecule has 7 heteroatoms. The molecule has 3 rings (SSSR count). The normalized spacial score (nSPS) is 11.4. The Hall–Kier alpha value is -2.80. The highest BCUT2D eigenvalue weighted by atomic mass is 19.1. The summed E-state index contributed by atoms with van der Waals surface area (Å²) in [4.78, 5) is 17.2. The van der Waals surface area contributed by atoms with Crippen LogP contribution in [0, 0.1) is 19.7 Å². The van der Waals surface area contributed by atoms with Crippen molar-refractivity contribution >= 4 is 11.6 Å². The van der Waals surface area contributed by atoms with Crippen molar-refractivity contribution in [3.8, 4) is 0 Å². The van der Waals surface area contributed by atoms with Crippen LogP contribution in [0.4, 0.5) is 4.39 Å². The molecule has 0 saturated heterocycles. The molecule has 0 aliphatic rings. The Morgan fingerprint density at radius 1 is 1.31 bits per heavy atom. The molecule has 0 bridgehead atoms. The van der Waals surface area contributed by atoms with Gasteiger partial charge in [-0.3, -0.25) is 4.79 Å². The summed E-state index contributed by atoms with van der Waals surface area (Å²) in [5, 5.41) is 7.26. The van der Waals surface area contributed by atoms with Crippen LogP contribution in [0.1, 0.15) is 53.1 Å². The summed E-state index contributed by atoms with van der Waals surface area (Å²) in [5.41, 5.74) is 4.51. The molecule has 0 unspecified atom stereocenters. The van der Waals surface area contributed by atoms with Crippen LogP contribution in [0.25, 0.3) is 5.65 Å². The van der Waals surface area contributed by atoms with Gasteiger partial charge in [0.25, 0.3) is 5.91 Å². The minimum Gasteiger partial charge on any atom is -0.379 e. The van der Waals surface area contributed by atoms with E-state index in [4.69, 9.17) is 4.74 Å². The lowest BCUT2D eigenvalue weighted by Gasteiger charge is -2.12. The third-order valence-corrected chi connectivity index (χ3v) is 4.78. The summed E-state index contributed by atoms with van der Waals surface area (Å²) in [7, 11) is 0. The van der Waals surface area contributed by atoms with E-state index >= 15 is 0 Å². The Kier molecular flexibility index (Phi) is 6.59. The molecule has 0 aliphatic carbocycles. The molecule has 0 atom stereocenters. The van der Waals surface area contributed by atoms with E-state index in [-0.39, 0.29) is 17.8 Å². The van der Waals surface area contributed by atoms with E-state index < -0.39 is 0 Å². The number of benzene rings is 1. The van der Waals surface area contributed by atoms with Gasteiger partial charge >= 0.3 is 0 Å². The quantitative estimate of drug-likeness (QED) is 0.589. The molecule has 0 fully saturated rings. The molecule has 2 aromatic heterocycles. The van der Waals surface area contributed by atoms with Gasteiger partial charge < -0.3 is 10.1 Å². The van der Waals surface area contributed by atoms with Gasteiger partial charge in [-0.15, -0.1) is 0 Å². The fraction of sp³-hybridized carbons (Fsp3) is 0.409. The van der Waals surface area contributed by atoms with E-state index in [1.807, 2.05) is 33.8 Å². The molecule has 154 valence electrons. The lowest BCUT2D eigenvalue weighted by atomic mass is 10.0. The van der Waals surface area contributed by atoms with Gasteiger partial charge in [0.2, 0.25) is 0 Å². The van der Waals surface area contributed by atoms with Crippen LogP contribution in [0.2, 0.25) is 0 Å². The number of ether oxygens (including phenoxy) is 1. The summed E-state index contributed by atoms with van der Waals surface area (Å²) < 4.78 is 20.7. The monoisotopic (exact) mass is 398 g/mol. The first kappa shape index (κ1) is 20.9. The third-order valence-electron chi connectivity index (χ3n) is 4.78. The number of rotatable bonds is 8. The van der Waals surface area contributed by atoms with Crippen LogP contribution in [0.3, 0.4) is 0 Å². The van der Waals surface area contributed by atoms with E-state index in [1.54, 1.807) is 16.8 Å². The number of nitrogens with one attached hydrogen (secondary N) is 1. The van der Waals surface area contributed by atoms with Crippen molar-refractivity contribution in [3.63, 3.8) is 0 Å². The predicted octanol–water partition coefficient (Wildman–Crippen LogP) is 3.62. The Bertz CT molecular complexity index is 1010. The Morgan fingerprint density at radius 2 is 2.10 bits per heavy atom. The Morgan fingerprint density at radius 3 is 2.83 bits per heavy atom. The second-order valence-corrected chi connectivity index (χ2v) is 7.39. The van der Waals surface area contributed by atoms with Crippen molar-refractivity contribution in [2.45, 2.75) is 46.6 Å². The maximum absolute atomic E-state index is 13.5. The van der Waals surface area contributed by atoms with Gasteiger partial charge in [-0.25, -0.2) is 13.9 Å². The summed E-state index contributed by atoms with van der Waals surface area (Å²) in [6.07, 6.45) is 3.02. The van der Waals surface area contributed by atoms with Gasteiger partial charge in [0.15, 0.2) is 5.65 Å². The second-order valence-electron chi connectivity index (χ2n) is 7.39. The van der Waals surface area contributed by atoms with Crippen molar-refractivity contribution in [2.75, 3.05) is 13.2 Å². The first-order valence-corrected chi connectivity index (χ1v) is 9.85. The van der Waals surface area contributed by atoms with Crippen LogP contribution in [-0.2, 0) is 11.2 Å². The Balaban J connectivity index is 1.78. The lowest BCUT2D eigenvalue weighted by Crippen LogP contribution is -2.25. The average Bonchev–Trinajstić information content (AvgIpc) is 3.08. The van der Waals surface area contributed by atoms with E-state index in [2.05, 4.69) is 15.4 Å². The SMILES string of the molecule is Cc1nc2c(C(=O)NCCCOC(C)C)cnn2c(C)c1Cc1cccc(F)c1. The first-order valence-electron chi connectivity index (χ1n) is 9.85. The molecule has 1 N–H and O–H groups in total. The summed E-state index contributed by atoms with van der Waals surface area (Å²) in [6, 6.07) is 6.53. The molecule has 29 heavy (non-hydrogen) atoms. The molecule has 0 saturated carbocycles. The highest BCUT2D eigenvalue weighted by Crippen LogP contribution is 2.20. The van der Waals surface area contributed by atoms with Crippen molar-refractivity contribution < 1.29 is 13.9 Å². The van der Waals surface area contributed by atoms with Crippen molar-refractivity contribution in [2.24, 2.45) is 0 Å². The van der Waals surface area contributed by atoms with E-state index in [0.29, 0.717) is 30.8 Å². The number of hydrogen-bond acceptors (Lipinski definition) is 4. The zero-order valence-electron chi connectivity index (χ0n) is 17.3. The highest BCUT2D eigenvalue weighted by molar-refractivity contribution is 5.99. The molecule has 1 aromatic carbocycles. The number of aromatic nitrogens is 3. The van der Waals surface area contributed by atoms with Crippen molar-refractivity contribution in [3.05, 3.63) is 64.4 Å². The summed E-state index contributed by atoms with van der Waals surface area (Å²) in [6.45, 7) is 8.94. The first-order chi connectivity index (χ1) is 13.9. The topological polar surface area (TPSA) is 68.5 Å². The Labute approximate surface area is 170 Å². The zero-order chi connectivity index (χ0) is 21.0. The molecular weight excluding hydrogens is 371 g/mol. The second kappa shape index (κ2) is 9.13. The highest BCUT2D eigenvalue weighted by Gasteiger charge is 2.18. The van der Waals surface area contributed by atoms with E-state index in [0.717, 1.165) is 28.9 Å². The lowest BCUT2D eigenvalue weighted by molar-refractivity contribution is 0.0757. The molecule has 0 spiro atoms. The fourth-order valence-corrected chi connectivity index (χ4v) is 3.27. The molecular formula is C22H27FN4O2. The predicted molar refractivity (Wildman–Crippen MR) is 110 cm³/mol. The maximum atomic E-state index is 13.5. The third kappa shape index (κ3) is 4.98. The van der Waals surface area contributed by atoms with Crippen LogP contribution in [0.5, 0.6) is 0 Å². The van der Waals surface area contributed by atoms with E-state index in [1.165, 1.54) is 12.1 Å². The number of halogens is 1. The molecule has 2 heterocycles. The summed E-state index contributed by atoms with van der Waals surface area (Å²) in [5.74, 6) is -0.461. The largest absolute Gasteiger partial charge is 0.379 e. The number of amides is 1. The van der Waals surface area contributed by atoms with Crippen LogP contribution >= 0.6 is 0 Å². The van der Waals surface area contributed by atoms with Gasteiger partial charge in [-0.2, -0.15) is 5.10 Å². The standard InChI is InChI=1S/C22H27FN4O2/c1-14(2)29-10-6-9-24-22(28)20-13-25-27-16(4)19(15(3)26-21(20)27)12-17-7-5-8-18(23)11-17/h5,7-8,11,13-14H,6,9-10,12H2,1-4H3,(H,24,28). The number of aryl methyl sites for hydroxylation is 2. The minimum atomic E-state index is -0.260. The van der Waals surface area contributed by atoms with Crippen molar-refractivity contribution in [1.82, 2.24) is 19.9 Å². The van der Waals surface area contributed by atoms with Gasteiger partial charge in [0.1, 0.15) is 11.4 Å². The molecule has 0 radical (unpaired) electrons. The van der Waals surface area contributed by atoms with Crippen LogP contribution < -0.4 is 5.32 Å². The van der Waals surface area contributed by atoms with Gasteiger partial charge in [0.05, 0.1) is 12.3 Å². The number of carbonyl (C=O) groups excluding carboxylic acids is 1. The van der Waals surface area contributed by atoms with Gasteiger partial charge in [-0.1, -0.05) is 12.1 Å². The molecule has 1 amide bonds. The van der Waals surface area contributed by atoms with Gasteiger partial charge in [0, 0.05) is 31.0 Å². The molecule has 6 nitrogen and oxygen atoms in total. The van der Waals surface area contributed by atoms with Gasteiger partial charge in [-0.05, 0) is 57.4 Å². The number of carbonyl (C=O) groups is 1. The zero-order valence-corrected chi connectivity index (χ0v) is 17.3.